The smallest absolute Gasteiger partial charge is 0.241 e. The Kier molecular flexibility index (Phi) is 2.73. The SMILES string of the molecule is CCc1nn(C)cc1N1CCNCC1=O. The second kappa shape index (κ2) is 4.02. The number of nitrogens with zero attached hydrogens (tertiary/aromatic N) is 3. The van der Waals surface area contributed by atoms with Crippen molar-refractivity contribution >= 4 is 11.6 Å². The highest BCUT2D eigenvalue weighted by Gasteiger charge is 2.22. The number of nitrogens with one attached hydrogen (secondary N) is 1. The number of carbonyl (C=O) groups is 1. The number of anilines is 1. The predicted octanol–water partition coefficient (Wildman–Crippen LogP) is -0.0813. The van der Waals surface area contributed by atoms with E-state index >= 15 is 0 Å². The second-order valence-corrected chi connectivity index (χ2v) is 3.71. The van der Waals surface area contributed by atoms with Gasteiger partial charge in [-0.3, -0.25) is 9.48 Å². The molecular formula is C10H16N4O. The van der Waals surface area contributed by atoms with Crippen LogP contribution in [0.3, 0.4) is 0 Å². The summed E-state index contributed by atoms with van der Waals surface area (Å²) in [6.45, 7) is 4.07. The van der Waals surface area contributed by atoms with E-state index in [-0.39, 0.29) is 5.91 Å². The van der Waals surface area contributed by atoms with Crippen LogP contribution in [0.25, 0.3) is 0 Å². The largest absolute Gasteiger partial charge is 0.307 e. The van der Waals surface area contributed by atoms with Gasteiger partial charge in [0.25, 0.3) is 0 Å². The molecule has 1 N–H and O–H groups in total. The third-order valence-electron chi connectivity index (χ3n) is 2.60. The summed E-state index contributed by atoms with van der Waals surface area (Å²) in [7, 11) is 1.88. The molecule has 1 aliphatic heterocycles. The van der Waals surface area contributed by atoms with E-state index in [1.807, 2.05) is 18.1 Å². The molecule has 82 valence electrons. The van der Waals surface area contributed by atoms with Gasteiger partial charge in [0.2, 0.25) is 5.91 Å². The van der Waals surface area contributed by atoms with E-state index in [9.17, 15) is 4.79 Å². The van der Waals surface area contributed by atoms with Gasteiger partial charge in [-0.1, -0.05) is 6.92 Å². The van der Waals surface area contributed by atoms with Gasteiger partial charge in [0.15, 0.2) is 0 Å². The van der Waals surface area contributed by atoms with Crippen molar-refractivity contribution in [3.8, 4) is 0 Å². The minimum atomic E-state index is 0.129. The van der Waals surface area contributed by atoms with Crippen LogP contribution >= 0.6 is 0 Å². The molecule has 0 unspecified atom stereocenters. The highest BCUT2D eigenvalue weighted by Crippen LogP contribution is 2.20. The summed E-state index contributed by atoms with van der Waals surface area (Å²) in [4.78, 5) is 13.5. The van der Waals surface area contributed by atoms with Crippen LogP contribution in [-0.4, -0.2) is 35.3 Å². The average Bonchev–Trinajstić information content (AvgIpc) is 2.60. The molecule has 0 saturated carbocycles. The first-order valence-electron chi connectivity index (χ1n) is 5.26. The Hall–Kier alpha value is -1.36. The van der Waals surface area contributed by atoms with Gasteiger partial charge in [-0.15, -0.1) is 0 Å². The highest BCUT2D eigenvalue weighted by molar-refractivity contribution is 5.95. The standard InChI is InChI=1S/C10H16N4O/c1-3-8-9(7-13(2)12-8)14-5-4-11-6-10(14)15/h7,11H,3-6H2,1-2H3. The first-order chi connectivity index (χ1) is 7.22. The fourth-order valence-corrected chi connectivity index (χ4v) is 1.86. The summed E-state index contributed by atoms with van der Waals surface area (Å²) in [5.41, 5.74) is 1.96. The molecule has 2 heterocycles. The van der Waals surface area contributed by atoms with Crippen molar-refractivity contribution in [3.63, 3.8) is 0 Å². The zero-order chi connectivity index (χ0) is 10.8. The number of aromatic nitrogens is 2. The van der Waals surface area contributed by atoms with E-state index in [2.05, 4.69) is 17.3 Å². The van der Waals surface area contributed by atoms with Gasteiger partial charge >= 0.3 is 0 Å². The van der Waals surface area contributed by atoms with Gasteiger partial charge in [0.1, 0.15) is 0 Å². The molecule has 15 heavy (non-hydrogen) atoms. The van der Waals surface area contributed by atoms with E-state index in [1.165, 1.54) is 0 Å². The van der Waals surface area contributed by atoms with Gasteiger partial charge in [-0.25, -0.2) is 0 Å². The fourth-order valence-electron chi connectivity index (χ4n) is 1.86. The lowest BCUT2D eigenvalue weighted by molar-refractivity contribution is -0.118. The van der Waals surface area contributed by atoms with Crippen LogP contribution in [0.15, 0.2) is 6.20 Å². The summed E-state index contributed by atoms with van der Waals surface area (Å²) in [6.07, 6.45) is 2.77. The lowest BCUT2D eigenvalue weighted by Gasteiger charge is -2.26. The molecule has 1 saturated heterocycles. The van der Waals surface area contributed by atoms with Crippen LogP contribution in [0.2, 0.25) is 0 Å². The van der Waals surface area contributed by atoms with Crippen molar-refractivity contribution in [2.24, 2.45) is 7.05 Å². The molecule has 1 aliphatic rings. The molecule has 1 fully saturated rings. The summed E-state index contributed by atoms with van der Waals surface area (Å²) in [5.74, 6) is 0.129. The van der Waals surface area contributed by atoms with Gasteiger partial charge in [-0.2, -0.15) is 5.10 Å². The molecule has 0 spiro atoms. The number of piperazine rings is 1. The van der Waals surface area contributed by atoms with E-state index < -0.39 is 0 Å². The second-order valence-electron chi connectivity index (χ2n) is 3.71. The minimum Gasteiger partial charge on any atom is -0.307 e. The Labute approximate surface area is 89.1 Å². The van der Waals surface area contributed by atoms with Crippen LogP contribution in [0.1, 0.15) is 12.6 Å². The number of aryl methyl sites for hydroxylation is 2. The topological polar surface area (TPSA) is 50.2 Å². The molecule has 0 aromatic carbocycles. The Morgan fingerprint density at radius 1 is 1.60 bits per heavy atom. The summed E-state index contributed by atoms with van der Waals surface area (Å²) in [5, 5.41) is 7.40. The number of carbonyl (C=O) groups excluding carboxylic acids is 1. The highest BCUT2D eigenvalue weighted by atomic mass is 16.2. The van der Waals surface area contributed by atoms with Gasteiger partial charge < -0.3 is 10.2 Å². The van der Waals surface area contributed by atoms with Crippen LogP contribution < -0.4 is 10.2 Å². The zero-order valence-corrected chi connectivity index (χ0v) is 9.16. The maximum absolute atomic E-state index is 11.7. The molecule has 1 aromatic rings. The minimum absolute atomic E-state index is 0.129. The Balaban J connectivity index is 2.30. The quantitative estimate of drug-likeness (QED) is 0.739. The van der Waals surface area contributed by atoms with Gasteiger partial charge in [0.05, 0.1) is 17.9 Å². The maximum atomic E-state index is 11.7. The van der Waals surface area contributed by atoms with Crippen molar-refractivity contribution in [1.29, 1.82) is 0 Å². The van der Waals surface area contributed by atoms with Crippen molar-refractivity contribution in [2.45, 2.75) is 13.3 Å². The van der Waals surface area contributed by atoms with Gasteiger partial charge in [0, 0.05) is 26.3 Å². The first kappa shape index (κ1) is 10.2. The lowest BCUT2D eigenvalue weighted by Crippen LogP contribution is -2.48. The van der Waals surface area contributed by atoms with Crippen LogP contribution in [0, 0.1) is 0 Å². The zero-order valence-electron chi connectivity index (χ0n) is 9.16. The molecule has 0 radical (unpaired) electrons. The lowest BCUT2D eigenvalue weighted by atomic mass is 10.2. The average molecular weight is 208 g/mol. The third kappa shape index (κ3) is 1.87. The normalized spacial score (nSPS) is 17.2. The predicted molar refractivity (Wildman–Crippen MR) is 57.8 cm³/mol. The number of hydrogen-bond acceptors (Lipinski definition) is 3. The molecule has 0 aliphatic carbocycles. The van der Waals surface area contributed by atoms with Crippen molar-refractivity contribution in [2.75, 3.05) is 24.5 Å². The van der Waals surface area contributed by atoms with Crippen LogP contribution in [0.5, 0.6) is 0 Å². The number of hydrogen-bond donors (Lipinski definition) is 1. The van der Waals surface area contributed by atoms with Gasteiger partial charge in [-0.05, 0) is 6.42 Å². The Bertz CT molecular complexity index is 371. The Morgan fingerprint density at radius 3 is 3.07 bits per heavy atom. The van der Waals surface area contributed by atoms with Crippen LogP contribution in [0.4, 0.5) is 5.69 Å². The summed E-state index contributed by atoms with van der Waals surface area (Å²) < 4.78 is 1.77. The fraction of sp³-hybridized carbons (Fsp3) is 0.600. The molecular weight excluding hydrogens is 192 g/mol. The molecule has 1 aromatic heterocycles. The van der Waals surface area contributed by atoms with E-state index in [1.54, 1.807) is 4.68 Å². The number of rotatable bonds is 2. The molecule has 1 amide bonds. The van der Waals surface area contributed by atoms with E-state index in [0.29, 0.717) is 6.54 Å². The first-order valence-corrected chi connectivity index (χ1v) is 5.26. The summed E-state index contributed by atoms with van der Waals surface area (Å²) in [6, 6.07) is 0. The molecule has 0 bridgehead atoms. The van der Waals surface area contributed by atoms with E-state index in [0.717, 1.165) is 30.9 Å². The molecule has 5 heteroatoms. The van der Waals surface area contributed by atoms with Crippen molar-refractivity contribution < 1.29 is 4.79 Å². The van der Waals surface area contributed by atoms with Crippen molar-refractivity contribution in [1.82, 2.24) is 15.1 Å². The molecule has 0 atom stereocenters. The maximum Gasteiger partial charge on any atom is 0.241 e. The Morgan fingerprint density at radius 2 is 2.40 bits per heavy atom. The summed E-state index contributed by atoms with van der Waals surface area (Å²) >= 11 is 0. The molecule has 2 rings (SSSR count). The monoisotopic (exact) mass is 208 g/mol. The molecule has 5 nitrogen and oxygen atoms in total. The van der Waals surface area contributed by atoms with Crippen molar-refractivity contribution in [3.05, 3.63) is 11.9 Å². The van der Waals surface area contributed by atoms with Crippen LogP contribution in [-0.2, 0) is 18.3 Å². The number of amides is 1. The third-order valence-corrected chi connectivity index (χ3v) is 2.60. The van der Waals surface area contributed by atoms with E-state index in [4.69, 9.17) is 0 Å².